The van der Waals surface area contributed by atoms with Gasteiger partial charge in [-0.25, -0.2) is 0 Å². The molecule has 0 atom stereocenters. The van der Waals surface area contributed by atoms with E-state index in [0.717, 1.165) is 0 Å². The summed E-state index contributed by atoms with van der Waals surface area (Å²) in [6, 6.07) is 27.8. The van der Waals surface area contributed by atoms with Crippen LogP contribution in [-0.4, -0.2) is 0 Å². The smallest absolute Gasteiger partial charge is 0.0178 e. The van der Waals surface area contributed by atoms with Crippen molar-refractivity contribution in [1.82, 2.24) is 0 Å². The molecule has 3 aromatic rings. The van der Waals surface area contributed by atoms with Crippen LogP contribution < -0.4 is 0 Å². The Morgan fingerprint density at radius 1 is 0.476 bits per heavy atom. The molecule has 3 aromatic carbocycles. The van der Waals surface area contributed by atoms with Gasteiger partial charge in [-0.05, 0) is 35.2 Å². The molecular weight excluding hydrogens is 252 g/mol. The Kier molecular flexibility index (Phi) is 5.34. The van der Waals surface area contributed by atoms with E-state index in [1.807, 2.05) is 19.9 Å². The van der Waals surface area contributed by atoms with Crippen molar-refractivity contribution in [3.8, 4) is 22.3 Å². The summed E-state index contributed by atoms with van der Waals surface area (Å²) in [6.45, 7) is 6.13. The van der Waals surface area contributed by atoms with Crippen molar-refractivity contribution in [3.05, 3.63) is 84.4 Å². The number of hydrogen-bond acceptors (Lipinski definition) is 0. The molecule has 0 nitrogen and oxygen atoms in total. The van der Waals surface area contributed by atoms with Crippen molar-refractivity contribution >= 4 is 0 Å². The molecule has 0 aliphatic heterocycles. The van der Waals surface area contributed by atoms with Crippen molar-refractivity contribution in [2.24, 2.45) is 0 Å². The maximum absolute atomic E-state index is 2.25. The molecule has 0 heterocycles. The van der Waals surface area contributed by atoms with Gasteiger partial charge in [0, 0.05) is 0 Å². The van der Waals surface area contributed by atoms with Gasteiger partial charge in [0.25, 0.3) is 0 Å². The van der Waals surface area contributed by atoms with E-state index < -0.39 is 0 Å². The average Bonchev–Trinajstić information content (AvgIpc) is 2.58. The van der Waals surface area contributed by atoms with Gasteiger partial charge in [0.2, 0.25) is 0 Å². The van der Waals surface area contributed by atoms with Crippen molar-refractivity contribution in [2.75, 3.05) is 0 Å². The Balaban J connectivity index is 0.000000774. The first kappa shape index (κ1) is 15.1. The number of rotatable bonds is 2. The molecule has 0 N–H and O–H groups in total. The summed E-state index contributed by atoms with van der Waals surface area (Å²) in [5, 5.41) is 0. The minimum Gasteiger partial charge on any atom is -0.0683 e. The molecule has 0 heteroatoms. The normalized spacial score (nSPS) is 9.67. The molecule has 0 aliphatic carbocycles. The maximum atomic E-state index is 2.25. The lowest BCUT2D eigenvalue weighted by Crippen LogP contribution is -1.82. The molecule has 106 valence electrons. The lowest BCUT2D eigenvalue weighted by atomic mass is 9.98. The SMILES string of the molecule is CC.Cc1cccc(-c2cccc(-c3ccccc3)c2)c1. The van der Waals surface area contributed by atoms with Crippen LogP contribution in [0.25, 0.3) is 22.3 Å². The first-order valence-corrected chi connectivity index (χ1v) is 7.55. The lowest BCUT2D eigenvalue weighted by Gasteiger charge is -2.06. The van der Waals surface area contributed by atoms with Crippen molar-refractivity contribution in [2.45, 2.75) is 20.8 Å². The van der Waals surface area contributed by atoms with E-state index in [-0.39, 0.29) is 0 Å². The summed E-state index contributed by atoms with van der Waals surface area (Å²) < 4.78 is 0. The van der Waals surface area contributed by atoms with Crippen LogP contribution in [0.2, 0.25) is 0 Å². The van der Waals surface area contributed by atoms with Crippen LogP contribution in [-0.2, 0) is 0 Å². The fourth-order valence-electron chi connectivity index (χ4n) is 2.33. The first-order chi connectivity index (χ1) is 10.3. The largest absolute Gasteiger partial charge is 0.0683 e. The van der Waals surface area contributed by atoms with Gasteiger partial charge in [-0.3, -0.25) is 0 Å². The summed E-state index contributed by atoms with van der Waals surface area (Å²) in [5.74, 6) is 0. The lowest BCUT2D eigenvalue weighted by molar-refractivity contribution is 1.47. The second-order valence-corrected chi connectivity index (χ2v) is 4.82. The van der Waals surface area contributed by atoms with Gasteiger partial charge in [0.15, 0.2) is 0 Å². The Hall–Kier alpha value is -2.34. The predicted molar refractivity (Wildman–Crippen MR) is 93.4 cm³/mol. The van der Waals surface area contributed by atoms with Crippen molar-refractivity contribution < 1.29 is 0 Å². The molecule has 0 unspecified atom stereocenters. The molecule has 0 bridgehead atoms. The van der Waals surface area contributed by atoms with Crippen LogP contribution in [0.3, 0.4) is 0 Å². The molecule has 3 rings (SSSR count). The highest BCUT2D eigenvalue weighted by Gasteiger charge is 2.01. The topological polar surface area (TPSA) is 0 Å². The number of aryl methyl sites for hydroxylation is 1. The van der Waals surface area contributed by atoms with Gasteiger partial charge >= 0.3 is 0 Å². The quantitative estimate of drug-likeness (QED) is 0.510. The van der Waals surface area contributed by atoms with Gasteiger partial charge in [-0.15, -0.1) is 0 Å². The zero-order valence-electron chi connectivity index (χ0n) is 13.0. The summed E-state index contributed by atoms with van der Waals surface area (Å²) >= 11 is 0. The van der Waals surface area contributed by atoms with Crippen molar-refractivity contribution in [1.29, 1.82) is 0 Å². The Bertz CT molecular complexity index is 681. The Labute approximate surface area is 128 Å². The number of hydrogen-bond donors (Lipinski definition) is 0. The van der Waals surface area contributed by atoms with E-state index in [1.54, 1.807) is 0 Å². The average molecular weight is 274 g/mol. The number of benzene rings is 3. The van der Waals surface area contributed by atoms with Gasteiger partial charge in [-0.1, -0.05) is 92.2 Å². The Morgan fingerprint density at radius 3 is 1.57 bits per heavy atom. The highest BCUT2D eigenvalue weighted by molar-refractivity contribution is 5.73. The van der Waals surface area contributed by atoms with Gasteiger partial charge < -0.3 is 0 Å². The van der Waals surface area contributed by atoms with E-state index in [0.29, 0.717) is 0 Å². The first-order valence-electron chi connectivity index (χ1n) is 7.55. The van der Waals surface area contributed by atoms with Crippen LogP contribution in [0.1, 0.15) is 19.4 Å². The third-order valence-corrected chi connectivity index (χ3v) is 3.32. The van der Waals surface area contributed by atoms with E-state index >= 15 is 0 Å². The van der Waals surface area contributed by atoms with Crippen LogP contribution in [0.15, 0.2) is 78.9 Å². The standard InChI is InChI=1S/C19H16.C2H6/c1-15-7-5-10-17(13-15)19-12-6-11-18(14-19)16-8-3-2-4-9-16;1-2/h2-14H,1H3;1-2H3. The summed E-state index contributed by atoms with van der Waals surface area (Å²) in [4.78, 5) is 0. The Morgan fingerprint density at radius 2 is 0.952 bits per heavy atom. The van der Waals surface area contributed by atoms with Crippen LogP contribution in [0.4, 0.5) is 0 Å². The molecule has 21 heavy (non-hydrogen) atoms. The maximum Gasteiger partial charge on any atom is -0.0178 e. The molecule has 0 saturated heterocycles. The molecule has 0 aliphatic rings. The molecule has 0 aromatic heterocycles. The van der Waals surface area contributed by atoms with Crippen LogP contribution in [0.5, 0.6) is 0 Å². The second kappa shape index (κ2) is 7.44. The zero-order valence-corrected chi connectivity index (χ0v) is 13.0. The summed E-state index contributed by atoms with van der Waals surface area (Å²) in [7, 11) is 0. The molecule has 0 radical (unpaired) electrons. The monoisotopic (exact) mass is 274 g/mol. The summed E-state index contributed by atoms with van der Waals surface area (Å²) in [6.07, 6.45) is 0. The van der Waals surface area contributed by atoms with Crippen LogP contribution in [0, 0.1) is 6.92 Å². The van der Waals surface area contributed by atoms with E-state index in [1.165, 1.54) is 27.8 Å². The van der Waals surface area contributed by atoms with E-state index in [4.69, 9.17) is 0 Å². The van der Waals surface area contributed by atoms with E-state index in [2.05, 4.69) is 79.7 Å². The molecule has 0 amide bonds. The summed E-state index contributed by atoms with van der Waals surface area (Å²) in [5.41, 5.74) is 6.36. The van der Waals surface area contributed by atoms with Gasteiger partial charge in [0.05, 0.1) is 0 Å². The van der Waals surface area contributed by atoms with Gasteiger partial charge in [-0.2, -0.15) is 0 Å². The van der Waals surface area contributed by atoms with E-state index in [9.17, 15) is 0 Å². The molecular formula is C21H22. The second-order valence-electron chi connectivity index (χ2n) is 4.82. The van der Waals surface area contributed by atoms with Crippen molar-refractivity contribution in [3.63, 3.8) is 0 Å². The third kappa shape index (κ3) is 3.82. The van der Waals surface area contributed by atoms with Gasteiger partial charge in [0.1, 0.15) is 0 Å². The fraction of sp³-hybridized carbons (Fsp3) is 0.143. The predicted octanol–water partition coefficient (Wildman–Crippen LogP) is 6.36. The molecule has 0 fully saturated rings. The minimum absolute atomic E-state index is 1.26. The third-order valence-electron chi connectivity index (χ3n) is 3.32. The minimum atomic E-state index is 1.26. The highest BCUT2D eigenvalue weighted by atomic mass is 14.1. The zero-order chi connectivity index (χ0) is 15.1. The molecule has 0 saturated carbocycles. The fourth-order valence-corrected chi connectivity index (χ4v) is 2.33. The molecule has 0 spiro atoms. The van der Waals surface area contributed by atoms with Crippen LogP contribution >= 0.6 is 0 Å². The highest BCUT2D eigenvalue weighted by Crippen LogP contribution is 2.26.